The molecule has 0 bridgehead atoms. The maximum absolute atomic E-state index is 8.49. The Balaban J connectivity index is 2.81. The highest BCUT2D eigenvalue weighted by Gasteiger charge is 2.10. The molecule has 0 aliphatic carbocycles. The molecule has 0 fully saturated rings. The Morgan fingerprint density at radius 3 is 2.79 bits per heavy atom. The number of nitrogens with zero attached hydrogens (tertiary/aromatic N) is 1. The van der Waals surface area contributed by atoms with Gasteiger partial charge in [0.15, 0.2) is 0 Å². The molecule has 0 heterocycles. The summed E-state index contributed by atoms with van der Waals surface area (Å²) in [5.41, 5.74) is 2.17. The largest absolute Gasteiger partial charge is 0.198 e. The lowest BCUT2D eigenvalue weighted by atomic mass is 10.0. The van der Waals surface area contributed by atoms with Crippen LogP contribution in [0.3, 0.4) is 0 Å². The zero-order valence-electron chi connectivity index (χ0n) is 7.93. The smallest absolute Gasteiger partial charge is 0.0637 e. The third-order valence-corrected chi connectivity index (χ3v) is 2.75. The quantitative estimate of drug-likeness (QED) is 0.723. The van der Waals surface area contributed by atoms with Gasteiger partial charge >= 0.3 is 0 Å². The number of rotatable bonds is 3. The van der Waals surface area contributed by atoms with E-state index in [4.69, 9.17) is 28.5 Å². The van der Waals surface area contributed by atoms with Crippen LogP contribution in [0.2, 0.25) is 5.02 Å². The van der Waals surface area contributed by atoms with Gasteiger partial charge in [0.2, 0.25) is 0 Å². The Labute approximate surface area is 94.3 Å². The molecule has 0 radical (unpaired) electrons. The van der Waals surface area contributed by atoms with Gasteiger partial charge in [-0.05, 0) is 30.5 Å². The van der Waals surface area contributed by atoms with E-state index in [0.717, 1.165) is 16.1 Å². The van der Waals surface area contributed by atoms with Gasteiger partial charge in [0.05, 0.1) is 17.9 Å². The van der Waals surface area contributed by atoms with Crippen molar-refractivity contribution in [2.24, 2.45) is 0 Å². The Hall–Kier alpha value is -0.710. The molecular formula is C11H11Cl2N. The van der Waals surface area contributed by atoms with Crippen molar-refractivity contribution in [1.82, 2.24) is 0 Å². The van der Waals surface area contributed by atoms with Crippen molar-refractivity contribution in [2.75, 3.05) is 0 Å². The summed E-state index contributed by atoms with van der Waals surface area (Å²) < 4.78 is 0. The van der Waals surface area contributed by atoms with Crippen molar-refractivity contribution in [2.45, 2.75) is 25.1 Å². The highest BCUT2D eigenvalue weighted by atomic mass is 35.5. The van der Waals surface area contributed by atoms with Crippen molar-refractivity contribution in [3.63, 3.8) is 0 Å². The summed E-state index contributed by atoms with van der Waals surface area (Å²) in [6.45, 7) is 2.00. The number of nitriles is 1. The topological polar surface area (TPSA) is 23.8 Å². The van der Waals surface area contributed by atoms with Crippen LogP contribution in [0.15, 0.2) is 18.2 Å². The fourth-order valence-corrected chi connectivity index (χ4v) is 1.84. The van der Waals surface area contributed by atoms with Gasteiger partial charge < -0.3 is 0 Å². The highest BCUT2D eigenvalue weighted by molar-refractivity contribution is 6.31. The molecule has 0 aliphatic heterocycles. The summed E-state index contributed by atoms with van der Waals surface area (Å²) in [6.07, 6.45) is 1.01. The molecule has 1 aromatic carbocycles. The Bertz CT molecular complexity index is 335. The molecule has 74 valence electrons. The van der Waals surface area contributed by atoms with E-state index in [1.807, 2.05) is 25.1 Å². The lowest BCUT2D eigenvalue weighted by molar-refractivity contribution is 0.855. The molecule has 0 saturated heterocycles. The van der Waals surface area contributed by atoms with Gasteiger partial charge in [-0.2, -0.15) is 5.26 Å². The van der Waals surface area contributed by atoms with Crippen LogP contribution >= 0.6 is 23.2 Å². The van der Waals surface area contributed by atoms with E-state index in [1.165, 1.54) is 0 Å². The number of hydrogen-bond donors (Lipinski definition) is 0. The van der Waals surface area contributed by atoms with Gasteiger partial charge in [0.25, 0.3) is 0 Å². The van der Waals surface area contributed by atoms with E-state index in [9.17, 15) is 0 Å². The molecule has 1 unspecified atom stereocenters. The van der Waals surface area contributed by atoms with Crippen molar-refractivity contribution in [3.8, 4) is 6.07 Å². The zero-order valence-corrected chi connectivity index (χ0v) is 9.44. The predicted octanol–water partition coefficient (Wildman–Crippen LogP) is 3.71. The summed E-state index contributed by atoms with van der Waals surface area (Å²) in [7, 11) is 0. The third kappa shape index (κ3) is 2.90. The number of benzene rings is 1. The van der Waals surface area contributed by atoms with Crippen LogP contribution in [0.25, 0.3) is 0 Å². The predicted molar refractivity (Wildman–Crippen MR) is 59.8 cm³/mol. The van der Waals surface area contributed by atoms with E-state index in [0.29, 0.717) is 12.8 Å². The lowest BCUT2D eigenvalue weighted by Crippen LogP contribution is -2.04. The molecule has 1 nitrogen and oxygen atoms in total. The minimum absolute atomic E-state index is 0.154. The minimum Gasteiger partial charge on any atom is -0.198 e. The fraction of sp³-hybridized carbons (Fsp3) is 0.364. The molecular weight excluding hydrogens is 217 g/mol. The Morgan fingerprint density at radius 2 is 2.21 bits per heavy atom. The molecule has 0 aliphatic rings. The second kappa shape index (κ2) is 5.24. The first-order valence-electron chi connectivity index (χ1n) is 4.40. The first-order chi connectivity index (χ1) is 6.65. The Kier molecular flexibility index (Phi) is 4.25. The first-order valence-corrected chi connectivity index (χ1v) is 5.21. The lowest BCUT2D eigenvalue weighted by Gasteiger charge is -2.10. The summed E-state index contributed by atoms with van der Waals surface area (Å²) in [5, 5.41) is 9.06. The highest BCUT2D eigenvalue weighted by Crippen LogP contribution is 2.23. The molecule has 1 aromatic rings. The molecule has 14 heavy (non-hydrogen) atoms. The monoisotopic (exact) mass is 227 g/mol. The standard InChI is InChI=1S/C11H11Cl2N/c1-8-3-2-4-11(13)10(8)7-9(12)5-6-14/h2-4,9H,5,7H2,1H3. The third-order valence-electron chi connectivity index (χ3n) is 2.09. The van der Waals surface area contributed by atoms with Gasteiger partial charge in [0, 0.05) is 5.02 Å². The minimum atomic E-state index is -0.154. The average Bonchev–Trinajstić information content (AvgIpc) is 2.12. The van der Waals surface area contributed by atoms with Crippen LogP contribution in [0.1, 0.15) is 17.5 Å². The van der Waals surface area contributed by atoms with Crippen LogP contribution < -0.4 is 0 Å². The normalized spacial score (nSPS) is 12.1. The molecule has 0 spiro atoms. The maximum Gasteiger partial charge on any atom is 0.0637 e. The van der Waals surface area contributed by atoms with Gasteiger partial charge in [-0.3, -0.25) is 0 Å². The SMILES string of the molecule is Cc1cccc(Cl)c1CC(Cl)CC#N. The van der Waals surface area contributed by atoms with Gasteiger partial charge in [-0.1, -0.05) is 23.7 Å². The van der Waals surface area contributed by atoms with Crippen molar-refractivity contribution in [1.29, 1.82) is 5.26 Å². The van der Waals surface area contributed by atoms with Crippen molar-refractivity contribution >= 4 is 23.2 Å². The molecule has 0 saturated carbocycles. The fourth-order valence-electron chi connectivity index (χ4n) is 1.32. The molecule has 1 atom stereocenters. The number of aryl methyl sites for hydroxylation is 1. The second-order valence-electron chi connectivity index (χ2n) is 3.20. The summed E-state index contributed by atoms with van der Waals surface area (Å²) in [5.74, 6) is 0. The van der Waals surface area contributed by atoms with Gasteiger partial charge in [-0.25, -0.2) is 0 Å². The summed E-state index contributed by atoms with van der Waals surface area (Å²) >= 11 is 12.0. The second-order valence-corrected chi connectivity index (χ2v) is 4.22. The molecule has 0 amide bonds. The Morgan fingerprint density at radius 1 is 1.50 bits per heavy atom. The molecule has 3 heteroatoms. The van der Waals surface area contributed by atoms with Gasteiger partial charge in [0.1, 0.15) is 0 Å². The summed E-state index contributed by atoms with van der Waals surface area (Å²) in [6, 6.07) is 7.81. The number of hydrogen-bond acceptors (Lipinski definition) is 1. The summed E-state index contributed by atoms with van der Waals surface area (Å²) in [4.78, 5) is 0. The van der Waals surface area contributed by atoms with Crippen molar-refractivity contribution in [3.05, 3.63) is 34.3 Å². The van der Waals surface area contributed by atoms with Crippen molar-refractivity contribution < 1.29 is 0 Å². The number of halogens is 2. The van der Waals surface area contributed by atoms with E-state index in [2.05, 4.69) is 6.07 Å². The van der Waals surface area contributed by atoms with Crippen LogP contribution in [0.4, 0.5) is 0 Å². The molecule has 1 rings (SSSR count). The zero-order chi connectivity index (χ0) is 10.6. The molecule has 0 N–H and O–H groups in total. The van der Waals surface area contributed by atoms with E-state index in [-0.39, 0.29) is 5.38 Å². The first kappa shape index (κ1) is 11.4. The molecule has 0 aromatic heterocycles. The van der Waals surface area contributed by atoms with Gasteiger partial charge in [-0.15, -0.1) is 11.6 Å². The van der Waals surface area contributed by atoms with E-state index in [1.54, 1.807) is 0 Å². The van der Waals surface area contributed by atoms with Crippen LogP contribution in [-0.2, 0) is 6.42 Å². The van der Waals surface area contributed by atoms with Crippen LogP contribution in [0, 0.1) is 18.3 Å². The average molecular weight is 228 g/mol. The van der Waals surface area contributed by atoms with E-state index >= 15 is 0 Å². The van der Waals surface area contributed by atoms with Crippen LogP contribution in [0.5, 0.6) is 0 Å². The maximum atomic E-state index is 8.49. The number of alkyl halides is 1. The van der Waals surface area contributed by atoms with Crippen LogP contribution in [-0.4, -0.2) is 5.38 Å². The van der Waals surface area contributed by atoms with E-state index < -0.39 is 0 Å².